The Morgan fingerprint density at radius 3 is 2.97 bits per heavy atom. The first-order valence-corrected chi connectivity index (χ1v) is 10.4. The molecule has 11 nitrogen and oxygen atoms in total. The van der Waals surface area contributed by atoms with Crippen LogP contribution in [0.4, 0.5) is 27.2 Å². The number of rotatable bonds is 6. The number of hydrogen-bond donors (Lipinski definition) is 3. The Morgan fingerprint density at radius 2 is 2.20 bits per heavy atom. The van der Waals surface area contributed by atoms with E-state index < -0.39 is 18.1 Å². The normalized spacial score (nSPS) is 21.1. The fourth-order valence-corrected chi connectivity index (χ4v) is 3.90. The fraction of sp³-hybridized carbons (Fsp3) is 0.438. The third kappa shape index (κ3) is 4.03. The number of aromatic nitrogens is 7. The number of carbonyl (C=O) groups is 1. The van der Waals surface area contributed by atoms with Gasteiger partial charge >= 0.3 is 0 Å². The van der Waals surface area contributed by atoms with E-state index in [0.717, 1.165) is 30.1 Å². The maximum Gasteiger partial charge on any atom is 0.249 e. The van der Waals surface area contributed by atoms with E-state index in [1.54, 1.807) is 0 Å². The Labute approximate surface area is 178 Å². The van der Waals surface area contributed by atoms with Crippen LogP contribution in [0.5, 0.6) is 0 Å². The number of carbonyl (C=O) groups excluding carboxylic acids is 1. The second-order valence-electron chi connectivity index (χ2n) is 7.07. The van der Waals surface area contributed by atoms with Crippen molar-refractivity contribution in [1.29, 1.82) is 0 Å². The molecule has 0 aromatic carbocycles. The number of aromatic amines is 1. The summed E-state index contributed by atoms with van der Waals surface area (Å²) in [5, 5.41) is 13.1. The van der Waals surface area contributed by atoms with Crippen molar-refractivity contribution < 1.29 is 9.18 Å². The molecular weight excluding hydrogens is 435 g/mol. The van der Waals surface area contributed by atoms with Crippen molar-refractivity contribution in [2.45, 2.75) is 37.4 Å². The second-order valence-corrected chi connectivity index (χ2v) is 8.19. The summed E-state index contributed by atoms with van der Waals surface area (Å²) >= 11 is 7.11. The summed E-state index contributed by atoms with van der Waals surface area (Å²) in [5.41, 5.74) is 1.05. The SMILES string of the molecule is O=C(Nc1ncns1)[C@@H]1C[C@@H](F)CN1c1nc(Cl)nc(Nc2cc(C3CC3)[nH]n2)n1. The molecule has 1 amide bonds. The minimum atomic E-state index is -1.21. The number of amides is 1. The zero-order valence-electron chi connectivity index (χ0n) is 15.4. The summed E-state index contributed by atoms with van der Waals surface area (Å²) in [7, 11) is 0. The zero-order valence-corrected chi connectivity index (χ0v) is 17.0. The molecule has 0 bridgehead atoms. The van der Waals surface area contributed by atoms with Crippen LogP contribution in [0.2, 0.25) is 5.28 Å². The largest absolute Gasteiger partial charge is 0.326 e. The first-order chi connectivity index (χ1) is 14.5. The summed E-state index contributed by atoms with van der Waals surface area (Å²) in [4.78, 5) is 30.5. The molecule has 0 radical (unpaired) electrons. The van der Waals surface area contributed by atoms with Crippen LogP contribution in [0.25, 0.3) is 0 Å². The Morgan fingerprint density at radius 1 is 1.33 bits per heavy atom. The number of H-pyrrole nitrogens is 1. The topological polar surface area (TPSA) is 138 Å². The van der Waals surface area contributed by atoms with Crippen molar-refractivity contribution >= 4 is 51.9 Å². The minimum absolute atomic E-state index is 0.000809. The third-order valence-electron chi connectivity index (χ3n) is 4.85. The molecule has 156 valence electrons. The van der Waals surface area contributed by atoms with Crippen molar-refractivity contribution in [3.05, 3.63) is 23.4 Å². The fourth-order valence-electron chi connectivity index (χ4n) is 3.31. The molecule has 1 saturated carbocycles. The first-order valence-electron chi connectivity index (χ1n) is 9.27. The molecule has 0 unspecified atom stereocenters. The molecule has 1 aliphatic carbocycles. The second kappa shape index (κ2) is 7.72. The highest BCUT2D eigenvalue weighted by atomic mass is 35.5. The van der Waals surface area contributed by atoms with Gasteiger partial charge in [-0.3, -0.25) is 15.2 Å². The predicted octanol–water partition coefficient (Wildman–Crippen LogP) is 2.28. The van der Waals surface area contributed by atoms with E-state index in [2.05, 4.69) is 45.1 Å². The van der Waals surface area contributed by atoms with Crippen LogP contribution in [-0.4, -0.2) is 59.2 Å². The van der Waals surface area contributed by atoms with Crippen LogP contribution in [0.1, 0.15) is 30.9 Å². The lowest BCUT2D eigenvalue weighted by atomic mass is 10.2. The summed E-state index contributed by atoms with van der Waals surface area (Å²) in [5.74, 6) is 0.904. The van der Waals surface area contributed by atoms with Crippen LogP contribution in [0.3, 0.4) is 0 Å². The summed E-state index contributed by atoms with van der Waals surface area (Å²) in [6.07, 6.45) is 2.40. The smallest absolute Gasteiger partial charge is 0.249 e. The quantitative estimate of drug-likeness (QED) is 0.516. The lowest BCUT2D eigenvalue weighted by Gasteiger charge is -2.23. The Hall–Kier alpha value is -2.93. The van der Waals surface area contributed by atoms with Gasteiger partial charge in [0.2, 0.25) is 28.2 Å². The summed E-state index contributed by atoms with van der Waals surface area (Å²) in [6, 6.07) is 1.07. The molecule has 1 saturated heterocycles. The van der Waals surface area contributed by atoms with Gasteiger partial charge in [0, 0.05) is 35.6 Å². The van der Waals surface area contributed by atoms with E-state index in [-0.39, 0.29) is 30.1 Å². The van der Waals surface area contributed by atoms with E-state index in [9.17, 15) is 9.18 Å². The molecule has 2 fully saturated rings. The molecule has 3 aromatic heterocycles. The number of hydrogen-bond acceptors (Lipinski definition) is 10. The van der Waals surface area contributed by atoms with E-state index >= 15 is 0 Å². The number of anilines is 4. The van der Waals surface area contributed by atoms with E-state index in [1.165, 1.54) is 11.2 Å². The molecule has 2 aliphatic rings. The zero-order chi connectivity index (χ0) is 20.7. The summed E-state index contributed by atoms with van der Waals surface area (Å²) < 4.78 is 18.0. The molecule has 1 aliphatic heterocycles. The lowest BCUT2D eigenvalue weighted by Crippen LogP contribution is -2.40. The van der Waals surface area contributed by atoms with Crippen molar-refractivity contribution in [2.75, 3.05) is 22.1 Å². The van der Waals surface area contributed by atoms with Gasteiger partial charge < -0.3 is 10.2 Å². The van der Waals surface area contributed by atoms with Gasteiger partial charge in [-0.1, -0.05) is 0 Å². The monoisotopic (exact) mass is 450 g/mol. The Kier molecular flexibility index (Phi) is 4.90. The highest BCUT2D eigenvalue weighted by Gasteiger charge is 2.39. The molecule has 2 atom stereocenters. The number of halogens is 2. The highest BCUT2D eigenvalue weighted by Crippen LogP contribution is 2.39. The molecule has 14 heteroatoms. The van der Waals surface area contributed by atoms with Gasteiger partial charge in [-0.15, -0.1) is 0 Å². The molecule has 0 spiro atoms. The number of nitrogens with one attached hydrogen (secondary N) is 3. The summed E-state index contributed by atoms with van der Waals surface area (Å²) in [6.45, 7) is -0.0395. The molecule has 4 heterocycles. The maximum atomic E-state index is 14.2. The highest BCUT2D eigenvalue weighted by molar-refractivity contribution is 7.09. The molecule has 30 heavy (non-hydrogen) atoms. The van der Waals surface area contributed by atoms with Gasteiger partial charge in [-0.05, 0) is 24.4 Å². The standard InChI is InChI=1S/C16H16ClFN10OS/c17-13-23-14(21-11-4-9(26-27-11)7-1-2-7)25-15(24-13)28-5-8(18)3-10(28)12(29)22-16-19-6-20-30-16/h4,6-8,10H,1-3,5H2,(H,19,20,22,29)(H2,21,23,24,25,26,27)/t8-,10+/m1/s1. The van der Waals surface area contributed by atoms with Gasteiger partial charge in [0.15, 0.2) is 5.82 Å². The average Bonchev–Trinajstić information content (AvgIpc) is 3.08. The average molecular weight is 451 g/mol. The molecule has 5 rings (SSSR count). The van der Waals surface area contributed by atoms with Crippen LogP contribution in [0.15, 0.2) is 12.4 Å². The van der Waals surface area contributed by atoms with Crippen molar-refractivity contribution in [1.82, 2.24) is 34.5 Å². The van der Waals surface area contributed by atoms with Crippen LogP contribution >= 0.6 is 23.1 Å². The van der Waals surface area contributed by atoms with E-state index in [1.807, 2.05) is 6.07 Å². The molecule has 3 aromatic rings. The number of alkyl halides is 1. The molecular formula is C16H16ClFN10OS. The van der Waals surface area contributed by atoms with Crippen LogP contribution in [0, 0.1) is 0 Å². The van der Waals surface area contributed by atoms with Gasteiger partial charge in [0.25, 0.3) is 0 Å². The van der Waals surface area contributed by atoms with Crippen LogP contribution < -0.4 is 15.5 Å². The molecule has 3 N–H and O–H groups in total. The van der Waals surface area contributed by atoms with Gasteiger partial charge in [0.05, 0.1) is 6.54 Å². The van der Waals surface area contributed by atoms with E-state index in [4.69, 9.17) is 11.6 Å². The van der Waals surface area contributed by atoms with Gasteiger partial charge in [-0.2, -0.15) is 24.4 Å². The first kappa shape index (κ1) is 19.1. The lowest BCUT2D eigenvalue weighted by molar-refractivity contribution is -0.117. The Balaban J connectivity index is 1.36. The van der Waals surface area contributed by atoms with Gasteiger partial charge in [-0.25, -0.2) is 9.37 Å². The number of nitrogens with zero attached hydrogens (tertiary/aromatic N) is 7. The van der Waals surface area contributed by atoms with Crippen molar-refractivity contribution in [2.24, 2.45) is 0 Å². The van der Waals surface area contributed by atoms with Crippen molar-refractivity contribution in [3.63, 3.8) is 0 Å². The van der Waals surface area contributed by atoms with E-state index in [0.29, 0.717) is 16.9 Å². The van der Waals surface area contributed by atoms with Crippen LogP contribution in [-0.2, 0) is 4.79 Å². The van der Waals surface area contributed by atoms with Gasteiger partial charge in [0.1, 0.15) is 18.5 Å². The maximum absolute atomic E-state index is 14.2. The minimum Gasteiger partial charge on any atom is -0.326 e. The Bertz CT molecular complexity index is 1060. The predicted molar refractivity (Wildman–Crippen MR) is 108 cm³/mol. The third-order valence-corrected chi connectivity index (χ3v) is 5.60. The van der Waals surface area contributed by atoms with Crippen molar-refractivity contribution in [3.8, 4) is 0 Å².